The van der Waals surface area contributed by atoms with E-state index in [1.165, 1.54) is 7.11 Å². The zero-order valence-electron chi connectivity index (χ0n) is 8.55. The second-order valence-electron chi connectivity index (χ2n) is 2.99. The summed E-state index contributed by atoms with van der Waals surface area (Å²) in [5.74, 6) is -0.524. The largest absolute Gasteiger partial charge is 0.469 e. The second kappa shape index (κ2) is 8.57. The van der Waals surface area contributed by atoms with Crippen molar-refractivity contribution in [2.24, 2.45) is 0 Å². The van der Waals surface area contributed by atoms with Gasteiger partial charge in [0.2, 0.25) is 0 Å². The molecule has 90 valence electrons. The maximum atomic E-state index is 10.7. The van der Waals surface area contributed by atoms with Crippen molar-refractivity contribution in [2.45, 2.75) is 18.6 Å². The first-order valence-corrected chi connectivity index (χ1v) is 4.47. The molecule has 0 bridgehead atoms. The Morgan fingerprint density at radius 1 is 1.33 bits per heavy atom. The monoisotopic (exact) mass is 223 g/mol. The van der Waals surface area contributed by atoms with Gasteiger partial charge in [0.25, 0.3) is 0 Å². The van der Waals surface area contributed by atoms with Crippen LogP contribution in [-0.2, 0) is 14.3 Å². The van der Waals surface area contributed by atoms with Crippen molar-refractivity contribution in [2.75, 3.05) is 26.9 Å². The quantitative estimate of drug-likeness (QED) is 0.286. The van der Waals surface area contributed by atoms with E-state index in [2.05, 4.69) is 4.74 Å². The van der Waals surface area contributed by atoms with Crippen LogP contribution in [0.25, 0.3) is 0 Å². The number of aliphatic hydroxyl groups is 2. The number of hydroxylamine groups is 1. The van der Waals surface area contributed by atoms with Crippen molar-refractivity contribution in [3.05, 3.63) is 0 Å². The van der Waals surface area contributed by atoms with Crippen molar-refractivity contribution in [3.8, 4) is 0 Å². The Morgan fingerprint density at radius 2 is 1.93 bits per heavy atom. The number of hydrogen-bond donors (Lipinski definition) is 4. The van der Waals surface area contributed by atoms with E-state index in [9.17, 15) is 9.90 Å². The molecule has 0 aliphatic carbocycles. The Labute approximate surface area is 87.6 Å². The van der Waals surface area contributed by atoms with Crippen molar-refractivity contribution in [1.29, 1.82) is 0 Å². The number of ether oxygens (including phenoxy) is 2. The molecule has 0 fully saturated rings. The summed E-state index contributed by atoms with van der Waals surface area (Å²) in [5.41, 5.74) is 1.78. The van der Waals surface area contributed by atoms with Crippen LogP contribution in [0, 0.1) is 0 Å². The minimum absolute atomic E-state index is 0.0207. The highest BCUT2D eigenvalue weighted by Crippen LogP contribution is 1.95. The van der Waals surface area contributed by atoms with Gasteiger partial charge in [-0.3, -0.25) is 4.79 Å². The Hall–Kier alpha value is -0.730. The van der Waals surface area contributed by atoms with E-state index in [4.69, 9.17) is 15.1 Å². The Bertz CT molecular complexity index is 177. The summed E-state index contributed by atoms with van der Waals surface area (Å²) in [6, 6.07) is 0. The predicted molar refractivity (Wildman–Crippen MR) is 49.3 cm³/mol. The third-order valence-corrected chi connectivity index (χ3v) is 1.58. The lowest BCUT2D eigenvalue weighted by Crippen LogP contribution is -2.30. The number of rotatable bonds is 8. The van der Waals surface area contributed by atoms with Crippen LogP contribution in [0.1, 0.15) is 6.42 Å². The number of carbonyl (C=O) groups is 1. The topological polar surface area (TPSA) is 108 Å². The molecule has 0 aromatic heterocycles. The maximum Gasteiger partial charge on any atom is 0.308 e. The summed E-state index contributed by atoms with van der Waals surface area (Å²) in [5, 5.41) is 26.5. The van der Waals surface area contributed by atoms with E-state index in [-0.39, 0.29) is 26.2 Å². The zero-order valence-corrected chi connectivity index (χ0v) is 8.55. The molecule has 7 heteroatoms. The molecule has 0 rings (SSSR count). The maximum absolute atomic E-state index is 10.7. The van der Waals surface area contributed by atoms with Crippen molar-refractivity contribution in [1.82, 2.24) is 5.48 Å². The average Bonchev–Trinajstić information content (AvgIpc) is 2.18. The first-order valence-electron chi connectivity index (χ1n) is 4.47. The van der Waals surface area contributed by atoms with Crippen LogP contribution in [-0.4, -0.2) is 60.5 Å². The molecule has 0 saturated heterocycles. The van der Waals surface area contributed by atoms with Gasteiger partial charge in [0.15, 0.2) is 0 Å². The standard InChI is InChI=1S/C8H17NO6/c1-14-8(12)2-6(10)4-15-5-7(11)3-9-13/h6-7,9-11,13H,2-5H2,1H3. The Balaban J connectivity index is 3.45. The lowest BCUT2D eigenvalue weighted by Gasteiger charge is -2.12. The van der Waals surface area contributed by atoms with Crippen LogP contribution >= 0.6 is 0 Å². The summed E-state index contributed by atoms with van der Waals surface area (Å²) in [7, 11) is 1.23. The number of carbonyl (C=O) groups excluding carboxylic acids is 1. The zero-order chi connectivity index (χ0) is 11.7. The summed E-state index contributed by atoms with van der Waals surface area (Å²) in [6.07, 6.45) is -1.96. The van der Waals surface area contributed by atoms with Crippen LogP contribution in [0.3, 0.4) is 0 Å². The van der Waals surface area contributed by atoms with Gasteiger partial charge >= 0.3 is 5.97 Å². The molecule has 7 nitrogen and oxygen atoms in total. The smallest absolute Gasteiger partial charge is 0.308 e. The van der Waals surface area contributed by atoms with E-state index >= 15 is 0 Å². The lowest BCUT2D eigenvalue weighted by molar-refractivity contribution is -0.143. The number of nitrogens with one attached hydrogen (secondary N) is 1. The third kappa shape index (κ3) is 8.28. The van der Waals surface area contributed by atoms with E-state index in [0.717, 1.165) is 0 Å². The van der Waals surface area contributed by atoms with Crippen LogP contribution in [0.15, 0.2) is 0 Å². The Morgan fingerprint density at radius 3 is 2.47 bits per heavy atom. The third-order valence-electron chi connectivity index (χ3n) is 1.58. The molecule has 0 radical (unpaired) electrons. The van der Waals surface area contributed by atoms with Gasteiger partial charge in [-0.05, 0) is 0 Å². The molecule has 0 aromatic rings. The summed E-state index contributed by atoms with van der Waals surface area (Å²) < 4.78 is 9.24. The molecule has 0 aliphatic rings. The van der Waals surface area contributed by atoms with Gasteiger partial charge in [0, 0.05) is 6.54 Å². The van der Waals surface area contributed by atoms with Crippen molar-refractivity contribution >= 4 is 5.97 Å². The van der Waals surface area contributed by atoms with E-state index in [1.807, 2.05) is 0 Å². The van der Waals surface area contributed by atoms with Gasteiger partial charge in [-0.15, -0.1) is 0 Å². The normalized spacial score (nSPS) is 14.7. The summed E-state index contributed by atoms with van der Waals surface area (Å²) in [6.45, 7) is -0.128. The molecule has 4 N–H and O–H groups in total. The highest BCUT2D eigenvalue weighted by molar-refractivity contribution is 5.69. The molecule has 0 heterocycles. The highest BCUT2D eigenvalue weighted by atomic mass is 16.5. The Kier molecular flexibility index (Phi) is 8.15. The first kappa shape index (κ1) is 14.3. The molecule has 2 atom stereocenters. The molecular weight excluding hydrogens is 206 g/mol. The minimum atomic E-state index is -0.952. The average molecular weight is 223 g/mol. The van der Waals surface area contributed by atoms with Crippen LogP contribution in [0.5, 0.6) is 0 Å². The molecule has 0 amide bonds. The fourth-order valence-electron chi connectivity index (χ4n) is 0.839. The van der Waals surface area contributed by atoms with Gasteiger partial charge in [0.05, 0.1) is 39.0 Å². The van der Waals surface area contributed by atoms with Crippen LogP contribution in [0.4, 0.5) is 0 Å². The van der Waals surface area contributed by atoms with E-state index in [0.29, 0.717) is 0 Å². The van der Waals surface area contributed by atoms with Crippen molar-refractivity contribution in [3.63, 3.8) is 0 Å². The molecule has 15 heavy (non-hydrogen) atoms. The second-order valence-corrected chi connectivity index (χ2v) is 2.99. The predicted octanol–water partition coefficient (Wildman–Crippen LogP) is -1.73. The molecule has 0 aliphatic heterocycles. The fourth-order valence-corrected chi connectivity index (χ4v) is 0.839. The molecular formula is C8H17NO6. The number of hydrogen-bond acceptors (Lipinski definition) is 7. The number of aliphatic hydroxyl groups excluding tert-OH is 2. The van der Waals surface area contributed by atoms with Crippen molar-refractivity contribution < 1.29 is 29.7 Å². The SMILES string of the molecule is COC(=O)CC(O)COCC(O)CNO. The van der Waals surface area contributed by atoms with Crippen LogP contribution < -0.4 is 5.48 Å². The summed E-state index contributed by atoms with van der Waals surface area (Å²) >= 11 is 0. The summed E-state index contributed by atoms with van der Waals surface area (Å²) in [4.78, 5) is 10.7. The van der Waals surface area contributed by atoms with Gasteiger partial charge < -0.3 is 24.9 Å². The lowest BCUT2D eigenvalue weighted by atomic mass is 10.3. The highest BCUT2D eigenvalue weighted by Gasteiger charge is 2.12. The van der Waals surface area contributed by atoms with Gasteiger partial charge in [-0.25, -0.2) is 5.48 Å². The molecule has 0 spiro atoms. The molecule has 0 aromatic carbocycles. The van der Waals surface area contributed by atoms with Gasteiger partial charge in [-0.2, -0.15) is 0 Å². The van der Waals surface area contributed by atoms with Gasteiger partial charge in [-0.1, -0.05) is 0 Å². The molecule has 2 unspecified atom stereocenters. The first-order chi connectivity index (χ1) is 7.10. The fraction of sp³-hybridized carbons (Fsp3) is 0.875. The van der Waals surface area contributed by atoms with E-state index in [1.54, 1.807) is 5.48 Å². The van der Waals surface area contributed by atoms with Gasteiger partial charge in [0.1, 0.15) is 0 Å². The number of esters is 1. The van der Waals surface area contributed by atoms with Crippen LogP contribution in [0.2, 0.25) is 0 Å². The number of methoxy groups -OCH3 is 1. The molecule has 0 saturated carbocycles. The van der Waals surface area contributed by atoms with E-state index < -0.39 is 18.2 Å². The minimum Gasteiger partial charge on any atom is -0.469 e.